The summed E-state index contributed by atoms with van der Waals surface area (Å²) in [5.74, 6) is -0.384. The number of hydrogen-bond acceptors (Lipinski definition) is 2. The van der Waals surface area contributed by atoms with Gasteiger partial charge >= 0.3 is 0 Å². The summed E-state index contributed by atoms with van der Waals surface area (Å²) in [7, 11) is 0. The molecule has 2 nitrogen and oxygen atoms in total. The molecule has 2 rings (SSSR count). The fourth-order valence-corrected chi connectivity index (χ4v) is 2.51. The predicted octanol–water partition coefficient (Wildman–Crippen LogP) is 4.08. The van der Waals surface area contributed by atoms with E-state index in [-0.39, 0.29) is 16.9 Å². The lowest BCUT2D eigenvalue weighted by atomic mass is 9.99. The summed E-state index contributed by atoms with van der Waals surface area (Å²) < 4.78 is 13.6. The van der Waals surface area contributed by atoms with Crippen molar-refractivity contribution >= 4 is 11.6 Å². The second kappa shape index (κ2) is 6.82. The number of halogens is 2. The lowest BCUT2D eigenvalue weighted by molar-refractivity contribution is 0.536. The molecule has 2 aromatic rings. The average Bonchev–Trinajstić information content (AvgIpc) is 2.44. The smallest absolute Gasteiger partial charge is 0.142 e. The Hall–Kier alpha value is -1.45. The first-order valence-corrected chi connectivity index (χ1v) is 7.09. The van der Waals surface area contributed by atoms with Crippen LogP contribution in [0.2, 0.25) is 5.02 Å². The zero-order valence-electron chi connectivity index (χ0n) is 11.7. The maximum absolute atomic E-state index is 13.6. The number of aryl methyl sites for hydroxylation is 1. The largest absolute Gasteiger partial charge is 0.310 e. The first-order valence-electron chi connectivity index (χ1n) is 6.71. The van der Waals surface area contributed by atoms with E-state index in [0.29, 0.717) is 6.42 Å². The van der Waals surface area contributed by atoms with E-state index in [9.17, 15) is 4.39 Å². The Morgan fingerprint density at radius 3 is 2.80 bits per heavy atom. The number of nitrogens with zero attached hydrogens (tertiary/aromatic N) is 1. The van der Waals surface area contributed by atoms with Gasteiger partial charge in [-0.3, -0.25) is 4.98 Å². The lowest BCUT2D eigenvalue weighted by Gasteiger charge is -2.20. The van der Waals surface area contributed by atoms with Crippen LogP contribution in [0, 0.1) is 12.7 Å². The highest BCUT2D eigenvalue weighted by atomic mass is 35.5. The molecule has 0 saturated heterocycles. The number of aromatic nitrogens is 1. The lowest BCUT2D eigenvalue weighted by Crippen LogP contribution is -2.24. The summed E-state index contributed by atoms with van der Waals surface area (Å²) in [6, 6.07) is 8.82. The van der Waals surface area contributed by atoms with Crippen molar-refractivity contribution in [3.8, 4) is 0 Å². The summed E-state index contributed by atoms with van der Waals surface area (Å²) in [6.45, 7) is 4.83. The summed E-state index contributed by atoms with van der Waals surface area (Å²) in [6.07, 6.45) is 2.46. The molecule has 0 aliphatic heterocycles. The van der Waals surface area contributed by atoms with E-state index < -0.39 is 0 Å². The molecule has 0 saturated carbocycles. The molecule has 0 aliphatic rings. The van der Waals surface area contributed by atoms with E-state index in [1.165, 1.54) is 6.07 Å². The van der Waals surface area contributed by atoms with Crippen LogP contribution < -0.4 is 5.32 Å². The minimum absolute atomic E-state index is 0.0446. The predicted molar refractivity (Wildman–Crippen MR) is 80.5 cm³/mol. The summed E-state index contributed by atoms with van der Waals surface area (Å²) in [4.78, 5) is 4.40. The highest BCUT2D eigenvalue weighted by Gasteiger charge is 2.17. The number of benzene rings is 1. The van der Waals surface area contributed by atoms with Gasteiger partial charge in [-0.15, -0.1) is 0 Å². The highest BCUT2D eigenvalue weighted by molar-refractivity contribution is 6.31. The van der Waals surface area contributed by atoms with Gasteiger partial charge in [0.2, 0.25) is 0 Å². The Morgan fingerprint density at radius 2 is 2.10 bits per heavy atom. The third-order valence-electron chi connectivity index (χ3n) is 3.32. The molecule has 1 unspecified atom stereocenters. The summed E-state index contributed by atoms with van der Waals surface area (Å²) in [5.41, 5.74) is 2.90. The van der Waals surface area contributed by atoms with Gasteiger partial charge < -0.3 is 5.32 Å². The van der Waals surface area contributed by atoms with Gasteiger partial charge in [0, 0.05) is 24.4 Å². The van der Waals surface area contributed by atoms with Crippen LogP contribution >= 0.6 is 11.6 Å². The van der Waals surface area contributed by atoms with Crippen molar-refractivity contribution in [1.29, 1.82) is 0 Å². The monoisotopic (exact) mass is 292 g/mol. The molecule has 0 spiro atoms. The van der Waals surface area contributed by atoms with E-state index >= 15 is 0 Å². The fourth-order valence-electron chi connectivity index (χ4n) is 2.25. The zero-order chi connectivity index (χ0) is 14.5. The SMILES string of the molecule is CCNC(Cc1ncccc1C)c1cccc(F)c1Cl. The molecule has 1 atom stereocenters. The van der Waals surface area contributed by atoms with Crippen molar-refractivity contribution in [2.45, 2.75) is 26.3 Å². The van der Waals surface area contributed by atoms with Gasteiger partial charge in [-0.25, -0.2) is 4.39 Å². The number of nitrogens with one attached hydrogen (secondary N) is 1. The molecular formula is C16H18ClFN2. The number of pyridine rings is 1. The molecular weight excluding hydrogens is 275 g/mol. The first kappa shape index (κ1) is 14.9. The molecule has 1 aromatic carbocycles. The number of hydrogen-bond donors (Lipinski definition) is 1. The highest BCUT2D eigenvalue weighted by Crippen LogP contribution is 2.28. The Kier molecular flexibility index (Phi) is 5.10. The van der Waals surface area contributed by atoms with E-state index in [1.54, 1.807) is 12.3 Å². The number of rotatable bonds is 5. The molecule has 0 aliphatic carbocycles. The summed E-state index contributed by atoms with van der Waals surface area (Å²) >= 11 is 6.09. The molecule has 4 heteroatoms. The second-order valence-electron chi connectivity index (χ2n) is 4.72. The van der Waals surface area contributed by atoms with Gasteiger partial charge in [0.1, 0.15) is 5.82 Å². The minimum Gasteiger partial charge on any atom is -0.310 e. The van der Waals surface area contributed by atoms with E-state index in [4.69, 9.17) is 11.6 Å². The van der Waals surface area contributed by atoms with Crippen molar-refractivity contribution in [1.82, 2.24) is 10.3 Å². The van der Waals surface area contributed by atoms with Crippen LogP contribution in [0.1, 0.15) is 29.8 Å². The third-order valence-corrected chi connectivity index (χ3v) is 3.72. The van der Waals surface area contributed by atoms with Gasteiger partial charge in [0.05, 0.1) is 5.02 Å². The third kappa shape index (κ3) is 3.35. The van der Waals surface area contributed by atoms with Crippen LogP contribution in [0.5, 0.6) is 0 Å². The molecule has 20 heavy (non-hydrogen) atoms. The standard InChI is InChI=1S/C16H18ClFN2/c1-3-19-15(10-14-11(2)6-5-9-20-14)12-7-4-8-13(18)16(12)17/h4-9,15,19H,3,10H2,1-2H3. The maximum atomic E-state index is 13.6. The maximum Gasteiger partial charge on any atom is 0.142 e. The Bertz CT molecular complexity index is 586. The Morgan fingerprint density at radius 1 is 1.30 bits per heavy atom. The van der Waals surface area contributed by atoms with Gasteiger partial charge in [0.25, 0.3) is 0 Å². The van der Waals surface area contributed by atoms with E-state index in [1.807, 2.05) is 32.0 Å². The van der Waals surface area contributed by atoms with Crippen LogP contribution in [-0.2, 0) is 6.42 Å². The van der Waals surface area contributed by atoms with Gasteiger partial charge in [0.15, 0.2) is 0 Å². The summed E-state index contributed by atoms with van der Waals surface area (Å²) in [5, 5.41) is 3.54. The van der Waals surface area contributed by atoms with Gasteiger partial charge in [-0.2, -0.15) is 0 Å². The quantitative estimate of drug-likeness (QED) is 0.898. The Labute approximate surface area is 124 Å². The second-order valence-corrected chi connectivity index (χ2v) is 5.10. The average molecular weight is 293 g/mol. The van der Waals surface area contributed by atoms with Crippen molar-refractivity contribution in [2.75, 3.05) is 6.54 Å². The van der Waals surface area contributed by atoms with Crippen LogP contribution in [0.25, 0.3) is 0 Å². The zero-order valence-corrected chi connectivity index (χ0v) is 12.4. The van der Waals surface area contributed by atoms with E-state index in [2.05, 4.69) is 10.3 Å². The normalized spacial score (nSPS) is 12.4. The first-order chi connectivity index (χ1) is 9.63. The Balaban J connectivity index is 2.32. The molecule has 0 radical (unpaired) electrons. The molecule has 0 bridgehead atoms. The van der Waals surface area contributed by atoms with Crippen LogP contribution in [0.4, 0.5) is 4.39 Å². The van der Waals surface area contributed by atoms with E-state index in [0.717, 1.165) is 23.4 Å². The van der Waals surface area contributed by atoms with Crippen molar-refractivity contribution in [3.05, 3.63) is 64.2 Å². The van der Waals surface area contributed by atoms with Gasteiger partial charge in [-0.05, 0) is 36.7 Å². The van der Waals surface area contributed by atoms with Crippen molar-refractivity contribution in [2.24, 2.45) is 0 Å². The topological polar surface area (TPSA) is 24.9 Å². The number of likely N-dealkylation sites (N-methyl/N-ethyl adjacent to an activating group) is 1. The molecule has 0 fully saturated rings. The fraction of sp³-hybridized carbons (Fsp3) is 0.312. The molecule has 1 heterocycles. The van der Waals surface area contributed by atoms with Crippen LogP contribution in [0.3, 0.4) is 0 Å². The molecule has 1 N–H and O–H groups in total. The van der Waals surface area contributed by atoms with Gasteiger partial charge in [-0.1, -0.05) is 36.7 Å². The molecule has 1 aromatic heterocycles. The van der Waals surface area contributed by atoms with Crippen LogP contribution in [0.15, 0.2) is 36.5 Å². The van der Waals surface area contributed by atoms with Crippen molar-refractivity contribution in [3.63, 3.8) is 0 Å². The van der Waals surface area contributed by atoms with Crippen molar-refractivity contribution < 1.29 is 4.39 Å². The van der Waals surface area contributed by atoms with Crippen LogP contribution in [-0.4, -0.2) is 11.5 Å². The minimum atomic E-state index is -0.384. The molecule has 0 amide bonds. The molecule has 106 valence electrons.